The van der Waals surface area contributed by atoms with Crippen molar-refractivity contribution in [3.8, 4) is 0 Å². The van der Waals surface area contributed by atoms with E-state index in [1.165, 1.54) is 24.3 Å². The Morgan fingerprint density at radius 2 is 1.58 bits per heavy atom. The molecule has 1 aliphatic rings. The number of hydrogen-bond donors (Lipinski definition) is 0. The summed E-state index contributed by atoms with van der Waals surface area (Å²) in [6, 6.07) is 12.5. The number of halogens is 2. The molecule has 0 bridgehead atoms. The molecule has 5 heteroatoms. The van der Waals surface area contributed by atoms with Crippen LogP contribution in [0.25, 0.3) is 0 Å². The molecule has 24 heavy (non-hydrogen) atoms. The summed E-state index contributed by atoms with van der Waals surface area (Å²) in [4.78, 5) is 16.5. The van der Waals surface area contributed by atoms with Crippen molar-refractivity contribution in [1.29, 1.82) is 0 Å². The summed E-state index contributed by atoms with van der Waals surface area (Å²) in [5, 5.41) is 0. The maximum absolute atomic E-state index is 13.1. The lowest BCUT2D eigenvalue weighted by molar-refractivity contribution is -0.133. The van der Waals surface area contributed by atoms with Crippen molar-refractivity contribution < 1.29 is 13.6 Å². The Hall–Kier alpha value is -2.27. The summed E-state index contributed by atoms with van der Waals surface area (Å²) in [5.41, 5.74) is 1.80. The van der Waals surface area contributed by atoms with Gasteiger partial charge in [0.25, 0.3) is 0 Å². The fraction of sp³-hybridized carbons (Fsp3) is 0.316. The van der Waals surface area contributed by atoms with Gasteiger partial charge in [0.1, 0.15) is 11.6 Å². The predicted molar refractivity (Wildman–Crippen MR) is 88.5 cm³/mol. The average Bonchev–Trinajstić information content (AvgIpc) is 2.58. The number of carbonyl (C=O) groups excluding carboxylic acids is 1. The molecule has 1 fully saturated rings. The number of nitrogens with zero attached hydrogens (tertiary/aromatic N) is 2. The molecule has 0 saturated carbocycles. The van der Waals surface area contributed by atoms with Gasteiger partial charge in [-0.05, 0) is 42.4 Å². The van der Waals surface area contributed by atoms with E-state index in [-0.39, 0.29) is 30.0 Å². The van der Waals surface area contributed by atoms with Crippen LogP contribution in [0.2, 0.25) is 0 Å². The highest BCUT2D eigenvalue weighted by atomic mass is 19.1. The molecule has 0 aromatic heterocycles. The summed E-state index contributed by atoms with van der Waals surface area (Å²) in [6.45, 7) is 1.99. The van der Waals surface area contributed by atoms with E-state index in [0.717, 1.165) is 17.7 Å². The first-order chi connectivity index (χ1) is 11.5. The van der Waals surface area contributed by atoms with Gasteiger partial charge in [0.15, 0.2) is 0 Å². The Kier molecular flexibility index (Phi) is 4.90. The van der Waals surface area contributed by atoms with Crippen LogP contribution in [0.1, 0.15) is 17.2 Å². The summed E-state index contributed by atoms with van der Waals surface area (Å²) < 4.78 is 26.1. The normalized spacial score (nSPS) is 18.6. The lowest BCUT2D eigenvalue weighted by Gasteiger charge is -2.39. The van der Waals surface area contributed by atoms with Crippen LogP contribution in [0.4, 0.5) is 8.78 Å². The van der Waals surface area contributed by atoms with Crippen LogP contribution in [0.15, 0.2) is 48.5 Å². The molecule has 126 valence electrons. The smallest absolute Gasteiger partial charge is 0.227 e. The molecule has 2 aromatic rings. The van der Waals surface area contributed by atoms with Crippen molar-refractivity contribution in [2.45, 2.75) is 12.5 Å². The van der Waals surface area contributed by atoms with Crippen LogP contribution in [0.3, 0.4) is 0 Å². The molecular weight excluding hydrogens is 310 g/mol. The molecule has 0 N–H and O–H groups in total. The molecule has 1 heterocycles. The number of benzene rings is 2. The first-order valence-corrected chi connectivity index (χ1v) is 8.01. The third kappa shape index (κ3) is 3.79. The van der Waals surface area contributed by atoms with Crippen LogP contribution < -0.4 is 0 Å². The topological polar surface area (TPSA) is 23.6 Å². The highest BCUT2D eigenvalue weighted by Crippen LogP contribution is 2.24. The lowest BCUT2D eigenvalue weighted by atomic mass is 10.0. The molecule has 1 aliphatic heterocycles. The van der Waals surface area contributed by atoms with Crippen LogP contribution >= 0.6 is 0 Å². The van der Waals surface area contributed by atoms with Crippen LogP contribution in [-0.4, -0.2) is 42.4 Å². The minimum atomic E-state index is -0.304. The Labute approximate surface area is 140 Å². The van der Waals surface area contributed by atoms with Gasteiger partial charge < -0.3 is 4.90 Å². The highest BCUT2D eigenvalue weighted by molar-refractivity contribution is 5.79. The van der Waals surface area contributed by atoms with Crippen molar-refractivity contribution in [3.05, 3.63) is 71.3 Å². The molecule has 2 aromatic carbocycles. The quantitative estimate of drug-likeness (QED) is 0.864. The minimum Gasteiger partial charge on any atom is -0.339 e. The van der Waals surface area contributed by atoms with Crippen LogP contribution in [-0.2, 0) is 11.2 Å². The molecule has 3 rings (SSSR count). The first kappa shape index (κ1) is 16.6. The van der Waals surface area contributed by atoms with Crippen molar-refractivity contribution in [3.63, 3.8) is 0 Å². The standard InChI is InChI=1S/C19H20F2N2O/c1-22-10-11-23(13-18(22)15-4-8-17(21)9-5-15)19(24)12-14-2-6-16(20)7-3-14/h2-9,18H,10-13H2,1H3. The Morgan fingerprint density at radius 1 is 1.00 bits per heavy atom. The summed E-state index contributed by atoms with van der Waals surface area (Å²) in [7, 11) is 2.01. The highest BCUT2D eigenvalue weighted by Gasteiger charge is 2.28. The van der Waals surface area contributed by atoms with E-state index in [1.807, 2.05) is 11.9 Å². The lowest BCUT2D eigenvalue weighted by Crippen LogP contribution is -2.49. The van der Waals surface area contributed by atoms with E-state index in [2.05, 4.69) is 4.90 Å². The Balaban J connectivity index is 1.69. The number of amides is 1. The summed E-state index contributed by atoms with van der Waals surface area (Å²) in [5.74, 6) is -0.537. The van der Waals surface area contributed by atoms with E-state index in [4.69, 9.17) is 0 Å². The maximum Gasteiger partial charge on any atom is 0.227 e. The van der Waals surface area contributed by atoms with Crippen molar-refractivity contribution in [2.75, 3.05) is 26.7 Å². The number of piperazine rings is 1. The second-order valence-corrected chi connectivity index (χ2v) is 6.19. The predicted octanol–water partition coefficient (Wildman–Crippen LogP) is 3.02. The molecule has 0 aliphatic carbocycles. The minimum absolute atomic E-state index is 0.0295. The van der Waals surface area contributed by atoms with Gasteiger partial charge in [0.05, 0.1) is 12.5 Å². The Morgan fingerprint density at radius 3 is 2.21 bits per heavy atom. The van der Waals surface area contributed by atoms with Crippen LogP contribution in [0, 0.1) is 11.6 Å². The van der Waals surface area contributed by atoms with E-state index >= 15 is 0 Å². The molecule has 1 unspecified atom stereocenters. The van der Waals surface area contributed by atoms with Gasteiger partial charge in [-0.1, -0.05) is 24.3 Å². The van der Waals surface area contributed by atoms with Gasteiger partial charge in [0.2, 0.25) is 5.91 Å². The molecule has 1 saturated heterocycles. The third-order valence-electron chi connectivity index (χ3n) is 4.52. The van der Waals surface area contributed by atoms with Crippen LogP contribution in [0.5, 0.6) is 0 Å². The monoisotopic (exact) mass is 330 g/mol. The van der Waals surface area contributed by atoms with E-state index in [9.17, 15) is 13.6 Å². The second-order valence-electron chi connectivity index (χ2n) is 6.19. The van der Waals surface area contributed by atoms with E-state index in [1.54, 1.807) is 24.3 Å². The summed E-state index contributed by atoms with van der Waals surface area (Å²) in [6.07, 6.45) is 0.264. The maximum atomic E-state index is 13.1. The largest absolute Gasteiger partial charge is 0.339 e. The van der Waals surface area contributed by atoms with Gasteiger partial charge in [-0.2, -0.15) is 0 Å². The third-order valence-corrected chi connectivity index (χ3v) is 4.52. The number of hydrogen-bond acceptors (Lipinski definition) is 2. The zero-order chi connectivity index (χ0) is 17.1. The van der Waals surface area contributed by atoms with Crippen molar-refractivity contribution >= 4 is 5.91 Å². The molecular formula is C19H20F2N2O. The number of likely N-dealkylation sites (N-methyl/N-ethyl adjacent to an activating group) is 1. The van der Waals surface area contributed by atoms with Gasteiger partial charge in [0, 0.05) is 19.6 Å². The van der Waals surface area contributed by atoms with Gasteiger partial charge >= 0.3 is 0 Å². The van der Waals surface area contributed by atoms with Crippen molar-refractivity contribution in [2.24, 2.45) is 0 Å². The van der Waals surface area contributed by atoms with E-state index in [0.29, 0.717) is 13.1 Å². The molecule has 1 amide bonds. The fourth-order valence-corrected chi connectivity index (χ4v) is 3.03. The molecule has 3 nitrogen and oxygen atoms in total. The molecule has 0 radical (unpaired) electrons. The summed E-state index contributed by atoms with van der Waals surface area (Å²) >= 11 is 0. The average molecular weight is 330 g/mol. The zero-order valence-electron chi connectivity index (χ0n) is 13.6. The first-order valence-electron chi connectivity index (χ1n) is 8.01. The fourth-order valence-electron chi connectivity index (χ4n) is 3.03. The zero-order valence-corrected chi connectivity index (χ0v) is 13.6. The van der Waals surface area contributed by atoms with E-state index < -0.39 is 0 Å². The number of rotatable bonds is 3. The van der Waals surface area contributed by atoms with Gasteiger partial charge in [-0.15, -0.1) is 0 Å². The van der Waals surface area contributed by atoms with Gasteiger partial charge in [-0.3, -0.25) is 9.69 Å². The Bertz CT molecular complexity index is 700. The second kappa shape index (κ2) is 7.09. The SMILES string of the molecule is CN1CCN(C(=O)Cc2ccc(F)cc2)CC1c1ccc(F)cc1. The molecule has 1 atom stereocenters. The molecule has 0 spiro atoms. The van der Waals surface area contributed by atoms with Crippen molar-refractivity contribution in [1.82, 2.24) is 9.80 Å². The number of carbonyl (C=O) groups is 1. The van der Waals surface area contributed by atoms with Gasteiger partial charge in [-0.25, -0.2) is 8.78 Å².